The predicted molar refractivity (Wildman–Crippen MR) is 101 cm³/mol. The first-order chi connectivity index (χ1) is 12.1. The predicted octanol–water partition coefficient (Wildman–Crippen LogP) is 3.74. The highest BCUT2D eigenvalue weighted by Gasteiger charge is 2.24. The number of hydrogen-bond acceptors (Lipinski definition) is 5. The van der Waals surface area contributed by atoms with E-state index in [1.165, 1.54) is 0 Å². The molecule has 0 radical (unpaired) electrons. The number of rotatable bonds is 2. The number of aryl methyl sites for hydroxylation is 2. The second kappa shape index (κ2) is 5.93. The summed E-state index contributed by atoms with van der Waals surface area (Å²) in [5.41, 5.74) is 18.3. The van der Waals surface area contributed by atoms with Crippen LogP contribution in [-0.4, -0.2) is 17.1 Å². The summed E-state index contributed by atoms with van der Waals surface area (Å²) in [6.45, 7) is 0. The zero-order valence-electron chi connectivity index (χ0n) is 13.7. The molecule has 1 aromatic heterocycles. The summed E-state index contributed by atoms with van der Waals surface area (Å²) in [5.74, 6) is 1.03. The van der Waals surface area contributed by atoms with Crippen LogP contribution in [0, 0.1) is 0 Å². The molecule has 4 rings (SSSR count). The number of nitrogens with two attached hydrogens (primary N) is 2. The van der Waals surface area contributed by atoms with E-state index in [-0.39, 0.29) is 5.95 Å². The summed E-state index contributed by atoms with van der Waals surface area (Å²) >= 11 is 6.20. The fourth-order valence-corrected chi connectivity index (χ4v) is 3.48. The second-order valence-electron chi connectivity index (χ2n) is 6.01. The van der Waals surface area contributed by atoms with Gasteiger partial charge in [-0.2, -0.15) is 0 Å². The number of benzene rings is 2. The molecule has 0 aliphatic heterocycles. The molecule has 0 bridgehead atoms. The first-order valence-electron chi connectivity index (χ1n) is 7.96. The van der Waals surface area contributed by atoms with Gasteiger partial charge in [-0.15, -0.1) is 0 Å². The van der Waals surface area contributed by atoms with Gasteiger partial charge >= 0.3 is 0 Å². The van der Waals surface area contributed by atoms with Crippen molar-refractivity contribution in [3.8, 4) is 28.1 Å². The number of nitrogen functional groups attached to an aromatic ring is 2. The van der Waals surface area contributed by atoms with Crippen molar-refractivity contribution in [3.05, 3.63) is 52.7 Å². The Morgan fingerprint density at radius 3 is 2.72 bits per heavy atom. The minimum atomic E-state index is 0.266. The summed E-state index contributed by atoms with van der Waals surface area (Å²) in [7, 11) is 1.64. The van der Waals surface area contributed by atoms with Crippen LogP contribution in [0.25, 0.3) is 22.4 Å². The molecule has 0 saturated carbocycles. The maximum absolute atomic E-state index is 6.20. The molecular weight excluding hydrogens is 336 g/mol. The number of ether oxygens (including phenoxy) is 1. The van der Waals surface area contributed by atoms with Crippen molar-refractivity contribution in [2.24, 2.45) is 0 Å². The van der Waals surface area contributed by atoms with E-state index in [1.54, 1.807) is 7.11 Å². The SMILES string of the molecule is COc1cccc(-c2nc(N)nc3c2-c2cc(N)c(Cl)cc2CC3)c1. The molecule has 0 amide bonds. The topological polar surface area (TPSA) is 87.0 Å². The Balaban J connectivity index is 2.01. The number of anilines is 2. The van der Waals surface area contributed by atoms with E-state index in [9.17, 15) is 0 Å². The summed E-state index contributed by atoms with van der Waals surface area (Å²) in [6.07, 6.45) is 1.63. The molecule has 1 heterocycles. The van der Waals surface area contributed by atoms with E-state index in [2.05, 4.69) is 9.97 Å². The van der Waals surface area contributed by atoms with Gasteiger partial charge in [0.1, 0.15) is 5.75 Å². The van der Waals surface area contributed by atoms with E-state index in [4.69, 9.17) is 27.8 Å². The molecule has 25 heavy (non-hydrogen) atoms. The van der Waals surface area contributed by atoms with Crippen molar-refractivity contribution in [1.29, 1.82) is 0 Å². The van der Waals surface area contributed by atoms with Gasteiger partial charge in [-0.05, 0) is 48.2 Å². The normalized spacial score (nSPS) is 12.4. The minimum Gasteiger partial charge on any atom is -0.497 e. The van der Waals surface area contributed by atoms with Crippen molar-refractivity contribution in [3.63, 3.8) is 0 Å². The number of fused-ring (bicyclic) bond motifs is 3. The quantitative estimate of drug-likeness (QED) is 0.686. The molecule has 0 fully saturated rings. The molecule has 0 spiro atoms. The average Bonchev–Trinajstić information content (AvgIpc) is 2.62. The number of hydrogen-bond donors (Lipinski definition) is 2. The molecule has 3 aromatic rings. The maximum Gasteiger partial charge on any atom is 0.220 e. The van der Waals surface area contributed by atoms with Crippen molar-refractivity contribution >= 4 is 23.2 Å². The van der Waals surface area contributed by atoms with E-state index >= 15 is 0 Å². The highest BCUT2D eigenvalue weighted by Crippen LogP contribution is 2.42. The van der Waals surface area contributed by atoms with Crippen LogP contribution in [0.1, 0.15) is 11.3 Å². The monoisotopic (exact) mass is 352 g/mol. The molecule has 2 aromatic carbocycles. The first-order valence-corrected chi connectivity index (χ1v) is 8.33. The summed E-state index contributed by atoms with van der Waals surface area (Å²) < 4.78 is 5.34. The third-order valence-corrected chi connectivity index (χ3v) is 4.79. The lowest BCUT2D eigenvalue weighted by molar-refractivity contribution is 0.415. The standard InChI is InChI=1S/C19H17ClN4O/c1-25-12-4-2-3-11(7-12)18-17-13-9-15(21)14(20)8-10(13)5-6-16(17)23-19(22)24-18/h2-4,7-9H,5-6,21H2,1H3,(H2,22,23,24). The highest BCUT2D eigenvalue weighted by atomic mass is 35.5. The summed E-state index contributed by atoms with van der Waals surface area (Å²) in [6, 6.07) is 11.6. The third-order valence-electron chi connectivity index (χ3n) is 4.47. The molecule has 0 atom stereocenters. The van der Waals surface area contributed by atoms with Crippen LogP contribution in [0.15, 0.2) is 36.4 Å². The lowest BCUT2D eigenvalue weighted by Gasteiger charge is -2.23. The Hall–Kier alpha value is -2.79. The fraction of sp³-hybridized carbons (Fsp3) is 0.158. The van der Waals surface area contributed by atoms with Crippen LogP contribution in [0.2, 0.25) is 5.02 Å². The maximum atomic E-state index is 6.20. The van der Waals surface area contributed by atoms with Crippen molar-refractivity contribution in [1.82, 2.24) is 9.97 Å². The number of halogens is 1. The first kappa shape index (κ1) is 15.7. The molecular formula is C19H17ClN4O. The van der Waals surface area contributed by atoms with Crippen molar-refractivity contribution in [2.75, 3.05) is 18.6 Å². The van der Waals surface area contributed by atoms with Crippen molar-refractivity contribution < 1.29 is 4.74 Å². The van der Waals surface area contributed by atoms with E-state index in [1.807, 2.05) is 36.4 Å². The van der Waals surface area contributed by atoms with Crippen LogP contribution in [0.4, 0.5) is 11.6 Å². The zero-order chi connectivity index (χ0) is 17.6. The average molecular weight is 353 g/mol. The van der Waals surface area contributed by atoms with Gasteiger partial charge in [-0.3, -0.25) is 0 Å². The fourth-order valence-electron chi connectivity index (χ4n) is 3.29. The van der Waals surface area contributed by atoms with Gasteiger partial charge in [-0.1, -0.05) is 23.7 Å². The molecule has 0 unspecified atom stereocenters. The minimum absolute atomic E-state index is 0.266. The van der Waals surface area contributed by atoms with Crippen molar-refractivity contribution in [2.45, 2.75) is 12.8 Å². The summed E-state index contributed by atoms with van der Waals surface area (Å²) in [4.78, 5) is 8.98. The van der Waals surface area contributed by atoms with Gasteiger partial charge in [0.2, 0.25) is 5.95 Å². The molecule has 0 saturated heterocycles. The van der Waals surface area contributed by atoms with E-state index < -0.39 is 0 Å². The molecule has 6 heteroatoms. The molecule has 5 nitrogen and oxygen atoms in total. The Labute approximate surface area is 150 Å². The molecule has 1 aliphatic rings. The molecule has 126 valence electrons. The zero-order valence-corrected chi connectivity index (χ0v) is 14.5. The summed E-state index contributed by atoms with van der Waals surface area (Å²) in [5, 5.41) is 0.571. The van der Waals surface area contributed by atoms with Gasteiger partial charge in [0.25, 0.3) is 0 Å². The van der Waals surface area contributed by atoms with Gasteiger partial charge in [0, 0.05) is 11.1 Å². The van der Waals surface area contributed by atoms with E-state index in [0.717, 1.165) is 52.2 Å². The largest absolute Gasteiger partial charge is 0.497 e. The molecule has 4 N–H and O–H groups in total. The van der Waals surface area contributed by atoms with Crippen LogP contribution < -0.4 is 16.2 Å². The molecule has 1 aliphatic carbocycles. The Morgan fingerprint density at radius 1 is 1.08 bits per heavy atom. The van der Waals surface area contributed by atoms with Gasteiger partial charge in [0.05, 0.1) is 29.2 Å². The Kier molecular flexibility index (Phi) is 3.73. The Morgan fingerprint density at radius 2 is 1.92 bits per heavy atom. The Bertz CT molecular complexity index is 987. The van der Waals surface area contributed by atoms with Crippen LogP contribution in [-0.2, 0) is 12.8 Å². The van der Waals surface area contributed by atoms with Gasteiger partial charge in [-0.25, -0.2) is 9.97 Å². The third kappa shape index (κ3) is 2.66. The number of aromatic nitrogens is 2. The van der Waals surface area contributed by atoms with Crippen LogP contribution in [0.3, 0.4) is 0 Å². The number of methoxy groups -OCH3 is 1. The van der Waals surface area contributed by atoms with Crippen LogP contribution in [0.5, 0.6) is 5.75 Å². The lowest BCUT2D eigenvalue weighted by Crippen LogP contribution is -2.12. The second-order valence-corrected chi connectivity index (χ2v) is 6.42. The van der Waals surface area contributed by atoms with Gasteiger partial charge in [0.15, 0.2) is 0 Å². The van der Waals surface area contributed by atoms with E-state index in [0.29, 0.717) is 10.7 Å². The smallest absolute Gasteiger partial charge is 0.220 e. The van der Waals surface area contributed by atoms with Crippen LogP contribution >= 0.6 is 11.6 Å². The van der Waals surface area contributed by atoms with Gasteiger partial charge < -0.3 is 16.2 Å². The lowest BCUT2D eigenvalue weighted by atomic mass is 9.85. The highest BCUT2D eigenvalue weighted by molar-refractivity contribution is 6.33. The number of nitrogens with zero attached hydrogens (tertiary/aromatic N) is 2.